The fourth-order valence-corrected chi connectivity index (χ4v) is 2.17. The van der Waals surface area contributed by atoms with Crippen molar-refractivity contribution < 1.29 is 4.43 Å². The average molecular weight is 219 g/mol. The second kappa shape index (κ2) is 4.07. The Morgan fingerprint density at radius 3 is 2.00 bits per heavy atom. The molecule has 2 N–H and O–H groups in total. The van der Waals surface area contributed by atoms with Gasteiger partial charge in [0.25, 0.3) is 0 Å². The first-order valence-electron chi connectivity index (χ1n) is 4.55. The molecule has 1 unspecified atom stereocenters. The van der Waals surface area contributed by atoms with Gasteiger partial charge >= 0.3 is 0 Å². The van der Waals surface area contributed by atoms with E-state index >= 15 is 0 Å². The highest BCUT2D eigenvalue weighted by atomic mass is 32.1. The van der Waals surface area contributed by atoms with Crippen LogP contribution in [-0.2, 0) is 4.43 Å². The summed E-state index contributed by atoms with van der Waals surface area (Å²) in [6, 6.07) is 0. The van der Waals surface area contributed by atoms with Gasteiger partial charge in [-0.25, -0.2) is 0 Å². The van der Waals surface area contributed by atoms with Gasteiger partial charge in [0.15, 0.2) is 8.32 Å². The van der Waals surface area contributed by atoms with Crippen molar-refractivity contribution in [1.82, 2.24) is 0 Å². The van der Waals surface area contributed by atoms with Crippen LogP contribution in [0, 0.1) is 0 Å². The molecule has 0 saturated heterocycles. The summed E-state index contributed by atoms with van der Waals surface area (Å²) >= 11 is 4.88. The lowest BCUT2D eigenvalue weighted by Gasteiger charge is -2.38. The monoisotopic (exact) mass is 219 g/mol. The first-order chi connectivity index (χ1) is 5.58. The van der Waals surface area contributed by atoms with Crippen LogP contribution in [-0.4, -0.2) is 19.4 Å². The highest BCUT2D eigenvalue weighted by molar-refractivity contribution is 7.80. The lowest BCUT2D eigenvalue weighted by molar-refractivity contribution is 0.260. The molecular formula is C9H21NOSSi. The van der Waals surface area contributed by atoms with E-state index in [2.05, 4.69) is 33.9 Å². The SMILES string of the molecule is CC(O[Si](C)(C)C(C)(C)C)C(N)=S. The minimum atomic E-state index is -1.70. The summed E-state index contributed by atoms with van der Waals surface area (Å²) in [4.78, 5) is 0.449. The van der Waals surface area contributed by atoms with Crippen LogP contribution in [0.4, 0.5) is 0 Å². The first-order valence-corrected chi connectivity index (χ1v) is 7.87. The lowest BCUT2D eigenvalue weighted by Crippen LogP contribution is -2.46. The van der Waals surface area contributed by atoms with Crippen molar-refractivity contribution in [3.05, 3.63) is 0 Å². The van der Waals surface area contributed by atoms with Gasteiger partial charge in [-0.3, -0.25) is 0 Å². The van der Waals surface area contributed by atoms with E-state index in [1.165, 1.54) is 0 Å². The van der Waals surface area contributed by atoms with E-state index in [4.69, 9.17) is 22.4 Å². The summed E-state index contributed by atoms with van der Waals surface area (Å²) in [7, 11) is -1.70. The van der Waals surface area contributed by atoms with Crippen LogP contribution in [0.15, 0.2) is 0 Å². The molecule has 0 rings (SSSR count). The Morgan fingerprint density at radius 2 is 1.77 bits per heavy atom. The molecule has 0 aromatic carbocycles. The molecular weight excluding hydrogens is 198 g/mol. The molecule has 78 valence electrons. The molecule has 13 heavy (non-hydrogen) atoms. The molecule has 0 amide bonds. The number of nitrogens with two attached hydrogens (primary N) is 1. The zero-order chi connectivity index (χ0) is 10.9. The summed E-state index contributed by atoms with van der Waals surface area (Å²) in [5, 5.41) is 0.214. The van der Waals surface area contributed by atoms with Gasteiger partial charge in [0.05, 0.1) is 6.10 Å². The Morgan fingerprint density at radius 1 is 1.38 bits per heavy atom. The van der Waals surface area contributed by atoms with E-state index in [0.717, 1.165) is 0 Å². The van der Waals surface area contributed by atoms with Crippen LogP contribution in [0.2, 0.25) is 18.1 Å². The van der Waals surface area contributed by atoms with E-state index in [1.54, 1.807) is 0 Å². The number of hydrogen-bond donors (Lipinski definition) is 1. The van der Waals surface area contributed by atoms with Crippen LogP contribution in [0.3, 0.4) is 0 Å². The largest absolute Gasteiger partial charge is 0.408 e. The van der Waals surface area contributed by atoms with Gasteiger partial charge in [0, 0.05) is 0 Å². The van der Waals surface area contributed by atoms with Gasteiger partial charge in [-0.1, -0.05) is 33.0 Å². The summed E-state index contributed by atoms with van der Waals surface area (Å²) in [5.74, 6) is 0. The Balaban J connectivity index is 4.43. The average Bonchev–Trinajstić information content (AvgIpc) is 1.83. The number of rotatable bonds is 3. The molecule has 0 aliphatic carbocycles. The quantitative estimate of drug-likeness (QED) is 0.585. The smallest absolute Gasteiger partial charge is 0.193 e. The van der Waals surface area contributed by atoms with E-state index in [1.807, 2.05) is 6.92 Å². The van der Waals surface area contributed by atoms with Crippen LogP contribution < -0.4 is 5.73 Å². The normalized spacial score (nSPS) is 15.5. The maximum absolute atomic E-state index is 5.94. The number of thiocarbonyl (C=S) groups is 1. The van der Waals surface area contributed by atoms with Gasteiger partial charge in [-0.2, -0.15) is 0 Å². The first kappa shape index (κ1) is 13.1. The molecule has 0 fully saturated rings. The minimum Gasteiger partial charge on any atom is -0.408 e. The van der Waals surface area contributed by atoms with E-state index < -0.39 is 8.32 Å². The maximum Gasteiger partial charge on any atom is 0.193 e. The molecule has 0 aromatic heterocycles. The van der Waals surface area contributed by atoms with Gasteiger partial charge in [-0.05, 0) is 25.1 Å². The summed E-state index contributed by atoms with van der Waals surface area (Å²) < 4.78 is 5.94. The topological polar surface area (TPSA) is 35.2 Å². The summed E-state index contributed by atoms with van der Waals surface area (Å²) in [6.45, 7) is 12.9. The predicted octanol–water partition coefficient (Wildman–Crippen LogP) is 2.68. The Kier molecular flexibility index (Phi) is 4.09. The number of hydrogen-bond acceptors (Lipinski definition) is 2. The van der Waals surface area contributed by atoms with Crippen molar-refractivity contribution in [2.24, 2.45) is 5.73 Å². The van der Waals surface area contributed by atoms with Crippen molar-refractivity contribution in [3.8, 4) is 0 Å². The molecule has 4 heteroatoms. The standard InChI is InChI=1S/C9H21NOSSi/c1-7(8(10)12)11-13(5,6)9(2,3)4/h7H,1-6H3,(H2,10,12). The molecule has 0 aliphatic rings. The molecule has 0 heterocycles. The fourth-order valence-electron chi connectivity index (χ4n) is 0.677. The van der Waals surface area contributed by atoms with Crippen LogP contribution in [0.1, 0.15) is 27.7 Å². The van der Waals surface area contributed by atoms with Crippen molar-refractivity contribution in [2.45, 2.75) is 51.9 Å². The third-order valence-corrected chi connectivity index (χ3v) is 7.57. The van der Waals surface area contributed by atoms with Crippen LogP contribution in [0.5, 0.6) is 0 Å². The second-order valence-corrected chi connectivity index (χ2v) is 10.2. The highest BCUT2D eigenvalue weighted by Crippen LogP contribution is 2.37. The molecule has 0 saturated carbocycles. The molecule has 2 nitrogen and oxygen atoms in total. The van der Waals surface area contributed by atoms with Crippen LogP contribution in [0.25, 0.3) is 0 Å². The predicted molar refractivity (Wildman–Crippen MR) is 64.5 cm³/mol. The lowest BCUT2D eigenvalue weighted by atomic mass is 10.2. The minimum absolute atomic E-state index is 0.101. The van der Waals surface area contributed by atoms with Gasteiger partial charge < -0.3 is 10.2 Å². The Hall–Kier alpha value is 0.0669. The maximum atomic E-state index is 5.94. The van der Waals surface area contributed by atoms with E-state index in [0.29, 0.717) is 4.99 Å². The fraction of sp³-hybridized carbons (Fsp3) is 0.889. The Bertz CT molecular complexity index is 198. The molecule has 0 radical (unpaired) electrons. The van der Waals surface area contributed by atoms with E-state index in [-0.39, 0.29) is 11.1 Å². The van der Waals surface area contributed by atoms with Gasteiger partial charge in [0.2, 0.25) is 0 Å². The van der Waals surface area contributed by atoms with Crippen molar-refractivity contribution in [1.29, 1.82) is 0 Å². The van der Waals surface area contributed by atoms with Gasteiger partial charge in [-0.15, -0.1) is 0 Å². The molecule has 0 aliphatic heterocycles. The second-order valence-electron chi connectivity index (χ2n) is 4.92. The molecule has 0 spiro atoms. The summed E-state index contributed by atoms with van der Waals surface area (Å²) in [6.07, 6.45) is -0.101. The van der Waals surface area contributed by atoms with E-state index in [9.17, 15) is 0 Å². The third-order valence-electron chi connectivity index (χ3n) is 2.68. The van der Waals surface area contributed by atoms with Crippen molar-refractivity contribution in [3.63, 3.8) is 0 Å². The Labute approximate surface area is 88.0 Å². The molecule has 1 atom stereocenters. The zero-order valence-electron chi connectivity index (χ0n) is 9.47. The highest BCUT2D eigenvalue weighted by Gasteiger charge is 2.38. The molecule has 0 bridgehead atoms. The van der Waals surface area contributed by atoms with Crippen molar-refractivity contribution in [2.75, 3.05) is 0 Å². The van der Waals surface area contributed by atoms with Crippen LogP contribution >= 0.6 is 12.2 Å². The zero-order valence-corrected chi connectivity index (χ0v) is 11.3. The third kappa shape index (κ3) is 3.75. The van der Waals surface area contributed by atoms with Gasteiger partial charge in [0.1, 0.15) is 4.99 Å². The summed E-state index contributed by atoms with van der Waals surface area (Å²) in [5.41, 5.74) is 5.52. The molecule has 0 aromatic rings. The van der Waals surface area contributed by atoms with Crippen molar-refractivity contribution >= 4 is 25.5 Å².